The predicted molar refractivity (Wildman–Crippen MR) is 81.2 cm³/mol. The van der Waals surface area contributed by atoms with Crippen LogP contribution in [0.15, 0.2) is 47.6 Å². The van der Waals surface area contributed by atoms with E-state index in [0.717, 1.165) is 23.9 Å². The van der Waals surface area contributed by atoms with Crippen molar-refractivity contribution in [3.05, 3.63) is 58.4 Å². The van der Waals surface area contributed by atoms with Gasteiger partial charge in [0.2, 0.25) is 5.91 Å². The van der Waals surface area contributed by atoms with E-state index in [1.54, 1.807) is 6.07 Å². The van der Waals surface area contributed by atoms with Crippen molar-refractivity contribution in [2.45, 2.75) is 11.2 Å². The van der Waals surface area contributed by atoms with Gasteiger partial charge >= 0.3 is 6.18 Å². The normalized spacial score (nSPS) is 11.3. The molecule has 0 aliphatic heterocycles. The molecule has 0 aliphatic rings. The average Bonchev–Trinajstić information content (AvgIpc) is 2.47. The second kappa shape index (κ2) is 7.10. The number of halogens is 4. The molecule has 4 nitrogen and oxygen atoms in total. The number of hydrogen-bond acceptors (Lipinski definition) is 3. The van der Waals surface area contributed by atoms with Crippen LogP contribution < -0.4 is 10.0 Å². The highest BCUT2D eigenvalue weighted by atomic mass is 35.5. The first kappa shape index (κ1) is 17.4. The molecule has 1 heterocycles. The summed E-state index contributed by atoms with van der Waals surface area (Å²) in [7, 11) is 0. The number of carbonyl (C=O) groups excluding carboxylic acids is 1. The van der Waals surface area contributed by atoms with Crippen molar-refractivity contribution >= 4 is 35.0 Å². The molecule has 0 saturated heterocycles. The van der Waals surface area contributed by atoms with Gasteiger partial charge in [0.25, 0.3) is 5.03 Å². The number of pyridine rings is 1. The Morgan fingerprint density at radius 2 is 2.00 bits per heavy atom. The number of aromatic nitrogens is 1. The molecule has 0 unspecified atom stereocenters. The first-order chi connectivity index (χ1) is 10.8. The summed E-state index contributed by atoms with van der Waals surface area (Å²) in [6.45, 7) is 0. The molecule has 0 atom stereocenters. The first-order valence-corrected chi connectivity index (χ1v) is 7.62. The van der Waals surface area contributed by atoms with Gasteiger partial charge < -0.3 is 10.5 Å². The fourth-order valence-corrected chi connectivity index (χ4v) is 2.66. The van der Waals surface area contributed by atoms with Crippen molar-refractivity contribution in [3.8, 4) is 0 Å². The Hall–Kier alpha value is -1.93. The van der Waals surface area contributed by atoms with Gasteiger partial charge in [-0.1, -0.05) is 17.7 Å². The number of rotatable bonds is 4. The Morgan fingerprint density at radius 3 is 2.65 bits per heavy atom. The smallest absolute Gasteiger partial charge is 0.418 e. The second-order valence-electron chi connectivity index (χ2n) is 4.36. The van der Waals surface area contributed by atoms with Gasteiger partial charge in [0.05, 0.1) is 22.0 Å². The van der Waals surface area contributed by atoms with Gasteiger partial charge in [-0.3, -0.25) is 4.79 Å². The maximum atomic E-state index is 12.9. The van der Waals surface area contributed by atoms with Crippen LogP contribution in [0.1, 0.15) is 5.56 Å². The Bertz CT molecular complexity index is 725. The van der Waals surface area contributed by atoms with E-state index in [2.05, 4.69) is 5.32 Å². The SMILES string of the molecule is O=C(CSc1cccc[n+]1[O-])Nc1c(Cl)cccc1C(F)(F)F. The van der Waals surface area contributed by atoms with Gasteiger partial charge in [0.15, 0.2) is 6.20 Å². The summed E-state index contributed by atoms with van der Waals surface area (Å²) in [5.41, 5.74) is -1.52. The van der Waals surface area contributed by atoms with E-state index >= 15 is 0 Å². The molecule has 2 rings (SSSR count). The Labute approximate surface area is 138 Å². The van der Waals surface area contributed by atoms with Crippen molar-refractivity contribution in [2.75, 3.05) is 11.1 Å². The third-order valence-electron chi connectivity index (χ3n) is 2.72. The highest BCUT2D eigenvalue weighted by molar-refractivity contribution is 7.99. The largest absolute Gasteiger partial charge is 0.618 e. The summed E-state index contributed by atoms with van der Waals surface area (Å²) in [5, 5.41) is 13.6. The molecule has 0 radical (unpaired) electrons. The maximum Gasteiger partial charge on any atom is 0.418 e. The molecule has 1 aromatic heterocycles. The lowest BCUT2D eigenvalue weighted by Gasteiger charge is -2.14. The summed E-state index contributed by atoms with van der Waals surface area (Å²) in [4.78, 5) is 11.9. The van der Waals surface area contributed by atoms with Crippen molar-refractivity contribution in [1.82, 2.24) is 0 Å². The summed E-state index contributed by atoms with van der Waals surface area (Å²) < 4.78 is 39.3. The van der Waals surface area contributed by atoms with Crippen LogP contribution in [0.25, 0.3) is 0 Å². The van der Waals surface area contributed by atoms with E-state index in [1.807, 2.05) is 0 Å². The van der Waals surface area contributed by atoms with Crippen molar-refractivity contribution in [3.63, 3.8) is 0 Å². The molecule has 0 spiro atoms. The van der Waals surface area contributed by atoms with Gasteiger partial charge in [-0.15, -0.1) is 0 Å². The van der Waals surface area contributed by atoms with Crippen LogP contribution in [0.4, 0.5) is 18.9 Å². The summed E-state index contributed by atoms with van der Waals surface area (Å²) in [5.74, 6) is -0.924. The number of benzene rings is 1. The van der Waals surface area contributed by atoms with Crippen molar-refractivity contribution in [1.29, 1.82) is 0 Å². The second-order valence-corrected chi connectivity index (χ2v) is 5.76. The molecule has 23 heavy (non-hydrogen) atoms. The van der Waals surface area contributed by atoms with E-state index in [-0.39, 0.29) is 15.8 Å². The number of thioether (sulfide) groups is 1. The third-order valence-corrected chi connectivity index (χ3v) is 4.06. The quantitative estimate of drug-likeness (QED) is 0.512. The Morgan fingerprint density at radius 1 is 1.26 bits per heavy atom. The van der Waals surface area contributed by atoms with Crippen LogP contribution >= 0.6 is 23.4 Å². The molecule has 0 saturated carbocycles. The molecule has 0 bridgehead atoms. The van der Waals surface area contributed by atoms with Gasteiger partial charge in [-0.2, -0.15) is 17.9 Å². The predicted octanol–water partition coefficient (Wildman–Crippen LogP) is 3.72. The molecule has 0 aliphatic carbocycles. The average molecular weight is 363 g/mol. The number of nitrogens with one attached hydrogen (secondary N) is 1. The van der Waals surface area contributed by atoms with Crippen LogP contribution in [0.5, 0.6) is 0 Å². The van der Waals surface area contributed by atoms with Crippen LogP contribution in [0.3, 0.4) is 0 Å². The topological polar surface area (TPSA) is 56.0 Å². The van der Waals surface area contributed by atoms with Gasteiger partial charge in [0, 0.05) is 12.1 Å². The third kappa shape index (κ3) is 4.52. The van der Waals surface area contributed by atoms with E-state index in [0.29, 0.717) is 4.73 Å². The highest BCUT2D eigenvalue weighted by Gasteiger charge is 2.34. The van der Waals surface area contributed by atoms with Crippen molar-refractivity contribution in [2.24, 2.45) is 0 Å². The summed E-state index contributed by atoms with van der Waals surface area (Å²) >= 11 is 6.65. The number of amides is 1. The van der Waals surface area contributed by atoms with E-state index < -0.39 is 23.3 Å². The number of nitrogens with zero attached hydrogens (tertiary/aromatic N) is 1. The molecular formula is C14H10ClF3N2O2S. The lowest BCUT2D eigenvalue weighted by atomic mass is 10.1. The lowest BCUT2D eigenvalue weighted by molar-refractivity contribution is -0.645. The summed E-state index contributed by atoms with van der Waals surface area (Å²) in [6.07, 6.45) is -3.38. The first-order valence-electron chi connectivity index (χ1n) is 6.25. The number of para-hydroxylation sites is 1. The van der Waals surface area contributed by atoms with Crippen LogP contribution in [0, 0.1) is 5.21 Å². The number of carbonyl (C=O) groups is 1. The van der Waals surface area contributed by atoms with Crippen LogP contribution in [0.2, 0.25) is 5.02 Å². The van der Waals surface area contributed by atoms with Crippen LogP contribution in [-0.4, -0.2) is 11.7 Å². The fraction of sp³-hybridized carbons (Fsp3) is 0.143. The number of hydrogen-bond donors (Lipinski definition) is 1. The zero-order valence-electron chi connectivity index (χ0n) is 11.4. The molecule has 1 aromatic carbocycles. The minimum absolute atomic E-state index is 0.211. The minimum Gasteiger partial charge on any atom is -0.618 e. The molecule has 0 fully saturated rings. The highest BCUT2D eigenvalue weighted by Crippen LogP contribution is 2.38. The number of anilines is 1. The maximum absolute atomic E-state index is 12.9. The Balaban J connectivity index is 2.11. The molecule has 1 amide bonds. The minimum atomic E-state index is -4.64. The van der Waals surface area contributed by atoms with E-state index in [4.69, 9.17) is 11.6 Å². The fourth-order valence-electron chi connectivity index (χ4n) is 1.73. The van der Waals surface area contributed by atoms with Gasteiger partial charge in [0.1, 0.15) is 0 Å². The summed E-state index contributed by atoms with van der Waals surface area (Å²) in [6, 6.07) is 7.88. The zero-order valence-corrected chi connectivity index (χ0v) is 13.0. The van der Waals surface area contributed by atoms with E-state index in [1.165, 1.54) is 24.4 Å². The Kier molecular flexibility index (Phi) is 5.38. The lowest BCUT2D eigenvalue weighted by Crippen LogP contribution is -2.28. The molecule has 122 valence electrons. The zero-order chi connectivity index (χ0) is 17.0. The molecular weight excluding hydrogens is 353 g/mol. The van der Waals surface area contributed by atoms with E-state index in [9.17, 15) is 23.2 Å². The van der Waals surface area contributed by atoms with Gasteiger partial charge in [-0.25, -0.2) is 0 Å². The number of alkyl halides is 3. The van der Waals surface area contributed by atoms with Crippen LogP contribution in [-0.2, 0) is 11.0 Å². The monoisotopic (exact) mass is 362 g/mol. The standard InChI is InChI=1S/C14H10ClF3N2O2S/c15-10-5-3-4-9(14(16,17)18)13(10)19-11(21)8-23-12-6-1-2-7-20(12)22/h1-7H,8H2,(H,19,21). The van der Waals surface area contributed by atoms with Crippen molar-refractivity contribution < 1.29 is 22.7 Å². The molecule has 9 heteroatoms. The molecule has 2 aromatic rings. The molecule has 1 N–H and O–H groups in total. The van der Waals surface area contributed by atoms with Gasteiger partial charge in [-0.05, 0) is 30.0 Å².